The molecule has 0 saturated heterocycles. The van der Waals surface area contributed by atoms with Gasteiger partial charge in [0.1, 0.15) is 0 Å². The molecule has 1 atom stereocenters. The highest BCUT2D eigenvalue weighted by Crippen LogP contribution is 2.17. The molecule has 21 heavy (non-hydrogen) atoms. The Morgan fingerprint density at radius 3 is 2.57 bits per heavy atom. The molecule has 4 heteroatoms. The van der Waals surface area contributed by atoms with Crippen LogP contribution in [0.5, 0.6) is 0 Å². The van der Waals surface area contributed by atoms with Gasteiger partial charge in [0.05, 0.1) is 6.04 Å². The van der Waals surface area contributed by atoms with Gasteiger partial charge >= 0.3 is 0 Å². The first-order valence-electron chi connectivity index (χ1n) is 7.56. The van der Waals surface area contributed by atoms with Gasteiger partial charge in [0.25, 0.3) is 5.56 Å². The molecular weight excluding hydrogens is 262 g/mol. The van der Waals surface area contributed by atoms with Crippen LogP contribution in [0.4, 0.5) is 5.82 Å². The van der Waals surface area contributed by atoms with Crippen LogP contribution in [0.1, 0.15) is 44.4 Å². The van der Waals surface area contributed by atoms with E-state index in [0.717, 1.165) is 24.9 Å². The van der Waals surface area contributed by atoms with Crippen molar-refractivity contribution in [2.24, 2.45) is 0 Å². The number of anilines is 1. The van der Waals surface area contributed by atoms with Gasteiger partial charge in [-0.2, -0.15) is 0 Å². The first-order valence-corrected chi connectivity index (χ1v) is 7.56. The van der Waals surface area contributed by atoms with E-state index in [1.54, 1.807) is 17.0 Å². The summed E-state index contributed by atoms with van der Waals surface area (Å²) in [7, 11) is 0. The monoisotopic (exact) mass is 285 g/mol. The molecule has 1 N–H and O–H groups in total. The molecule has 1 aromatic heterocycles. The lowest BCUT2D eigenvalue weighted by Gasteiger charge is -2.15. The second-order valence-corrected chi connectivity index (χ2v) is 5.24. The van der Waals surface area contributed by atoms with Gasteiger partial charge in [-0.15, -0.1) is 0 Å². The lowest BCUT2D eigenvalue weighted by atomic mass is 10.1. The molecule has 0 saturated carbocycles. The fraction of sp³-hybridized carbons (Fsp3) is 0.412. The maximum Gasteiger partial charge on any atom is 0.293 e. The molecular formula is C17H23N3O. The van der Waals surface area contributed by atoms with Crippen LogP contribution in [0, 0.1) is 0 Å². The second kappa shape index (κ2) is 7.07. The van der Waals surface area contributed by atoms with E-state index in [1.807, 2.05) is 6.92 Å². The highest BCUT2D eigenvalue weighted by molar-refractivity contribution is 5.36. The zero-order valence-corrected chi connectivity index (χ0v) is 13.0. The Kier molecular flexibility index (Phi) is 5.14. The standard InChI is InChI=1S/C17H23N3O/c1-4-11-20-12-10-18-16(17(20)21)19-13(3)15-8-6-14(5-2)7-9-15/h6-10,12-13H,4-5,11H2,1-3H3,(H,18,19). The van der Waals surface area contributed by atoms with Crippen molar-refractivity contribution in [3.05, 3.63) is 58.1 Å². The summed E-state index contributed by atoms with van der Waals surface area (Å²) in [5.74, 6) is 0.415. The molecule has 112 valence electrons. The highest BCUT2D eigenvalue weighted by Gasteiger charge is 2.10. The number of aromatic nitrogens is 2. The van der Waals surface area contributed by atoms with Crippen LogP contribution in [-0.4, -0.2) is 9.55 Å². The summed E-state index contributed by atoms with van der Waals surface area (Å²) in [5.41, 5.74) is 2.41. The molecule has 1 heterocycles. The number of hydrogen-bond donors (Lipinski definition) is 1. The van der Waals surface area contributed by atoms with E-state index in [-0.39, 0.29) is 11.6 Å². The number of rotatable bonds is 6. The molecule has 2 rings (SSSR count). The molecule has 0 aliphatic heterocycles. The number of nitrogens with zero attached hydrogens (tertiary/aromatic N) is 2. The van der Waals surface area contributed by atoms with Crippen molar-refractivity contribution in [3.8, 4) is 0 Å². The Morgan fingerprint density at radius 1 is 1.24 bits per heavy atom. The second-order valence-electron chi connectivity index (χ2n) is 5.24. The lowest BCUT2D eigenvalue weighted by Crippen LogP contribution is -2.25. The van der Waals surface area contributed by atoms with Crippen LogP contribution in [0.2, 0.25) is 0 Å². The summed E-state index contributed by atoms with van der Waals surface area (Å²) in [6, 6.07) is 8.50. The van der Waals surface area contributed by atoms with Crippen molar-refractivity contribution in [3.63, 3.8) is 0 Å². The van der Waals surface area contributed by atoms with Gasteiger partial charge in [0, 0.05) is 18.9 Å². The van der Waals surface area contributed by atoms with Crippen LogP contribution >= 0.6 is 0 Å². The minimum atomic E-state index is -0.0589. The average molecular weight is 285 g/mol. The zero-order valence-electron chi connectivity index (χ0n) is 13.0. The van der Waals surface area contributed by atoms with E-state index in [4.69, 9.17) is 0 Å². The summed E-state index contributed by atoms with van der Waals surface area (Å²) in [5, 5.41) is 3.22. The van der Waals surface area contributed by atoms with Crippen molar-refractivity contribution >= 4 is 5.82 Å². The van der Waals surface area contributed by atoms with Gasteiger partial charge in [-0.25, -0.2) is 4.98 Å². The third kappa shape index (κ3) is 3.72. The maximum atomic E-state index is 12.3. The predicted octanol–water partition coefficient (Wildman–Crippen LogP) is 3.39. The first kappa shape index (κ1) is 15.3. The minimum absolute atomic E-state index is 0.0496. The van der Waals surface area contributed by atoms with Crippen LogP contribution in [0.25, 0.3) is 0 Å². The zero-order chi connectivity index (χ0) is 15.2. The summed E-state index contributed by atoms with van der Waals surface area (Å²) >= 11 is 0. The molecule has 0 fully saturated rings. The number of nitrogens with one attached hydrogen (secondary N) is 1. The number of benzene rings is 1. The third-order valence-corrected chi connectivity index (χ3v) is 3.62. The highest BCUT2D eigenvalue weighted by atomic mass is 16.1. The molecule has 0 radical (unpaired) electrons. The van der Waals surface area contributed by atoms with Crippen molar-refractivity contribution in [1.82, 2.24) is 9.55 Å². The van der Waals surface area contributed by atoms with Crippen LogP contribution < -0.4 is 10.9 Å². The number of hydrogen-bond acceptors (Lipinski definition) is 3. The first-order chi connectivity index (χ1) is 10.2. The Morgan fingerprint density at radius 2 is 1.95 bits per heavy atom. The van der Waals surface area contributed by atoms with Crippen LogP contribution in [0.3, 0.4) is 0 Å². The molecule has 2 aromatic rings. The number of aryl methyl sites for hydroxylation is 2. The van der Waals surface area contributed by atoms with Crippen LogP contribution in [0.15, 0.2) is 41.5 Å². The quantitative estimate of drug-likeness (QED) is 0.885. The van der Waals surface area contributed by atoms with E-state index >= 15 is 0 Å². The Bertz CT molecular complexity index is 631. The van der Waals surface area contributed by atoms with Gasteiger partial charge in [0.2, 0.25) is 0 Å². The normalized spacial score (nSPS) is 12.1. The summed E-state index contributed by atoms with van der Waals surface area (Å²) in [4.78, 5) is 16.4. The fourth-order valence-electron chi connectivity index (χ4n) is 2.29. The van der Waals surface area contributed by atoms with Gasteiger partial charge in [-0.05, 0) is 30.9 Å². The average Bonchev–Trinajstić information content (AvgIpc) is 2.51. The topological polar surface area (TPSA) is 46.9 Å². The van der Waals surface area contributed by atoms with Crippen molar-refractivity contribution in [2.45, 2.75) is 46.2 Å². The Labute approximate surface area is 125 Å². The molecule has 0 aliphatic carbocycles. The molecule has 4 nitrogen and oxygen atoms in total. The van der Waals surface area contributed by atoms with Gasteiger partial charge in [-0.3, -0.25) is 4.79 Å². The van der Waals surface area contributed by atoms with Crippen molar-refractivity contribution in [1.29, 1.82) is 0 Å². The molecule has 1 unspecified atom stereocenters. The molecule has 0 aliphatic rings. The van der Waals surface area contributed by atoms with E-state index in [2.05, 4.69) is 48.4 Å². The predicted molar refractivity (Wildman–Crippen MR) is 86.6 cm³/mol. The maximum absolute atomic E-state index is 12.3. The Hall–Kier alpha value is -2.10. The molecule has 0 amide bonds. The Balaban J connectivity index is 2.17. The van der Waals surface area contributed by atoms with E-state index < -0.39 is 0 Å². The summed E-state index contributed by atoms with van der Waals surface area (Å²) in [6.45, 7) is 6.95. The van der Waals surface area contributed by atoms with E-state index in [9.17, 15) is 4.79 Å². The summed E-state index contributed by atoms with van der Waals surface area (Å²) < 4.78 is 1.70. The largest absolute Gasteiger partial charge is 0.359 e. The lowest BCUT2D eigenvalue weighted by molar-refractivity contribution is 0.648. The smallest absolute Gasteiger partial charge is 0.293 e. The molecule has 0 spiro atoms. The molecule has 0 bridgehead atoms. The van der Waals surface area contributed by atoms with E-state index in [1.165, 1.54) is 5.56 Å². The van der Waals surface area contributed by atoms with Crippen molar-refractivity contribution < 1.29 is 0 Å². The van der Waals surface area contributed by atoms with Gasteiger partial charge in [0.15, 0.2) is 5.82 Å². The summed E-state index contributed by atoms with van der Waals surface area (Å²) in [6.07, 6.45) is 5.37. The van der Waals surface area contributed by atoms with Gasteiger partial charge < -0.3 is 9.88 Å². The van der Waals surface area contributed by atoms with E-state index in [0.29, 0.717) is 5.82 Å². The third-order valence-electron chi connectivity index (χ3n) is 3.62. The SMILES string of the molecule is CCCn1ccnc(NC(C)c2ccc(CC)cc2)c1=O. The minimum Gasteiger partial charge on any atom is -0.359 e. The van der Waals surface area contributed by atoms with Crippen LogP contribution in [-0.2, 0) is 13.0 Å². The van der Waals surface area contributed by atoms with Gasteiger partial charge in [-0.1, -0.05) is 38.1 Å². The molecule has 1 aromatic carbocycles. The fourth-order valence-corrected chi connectivity index (χ4v) is 2.29. The van der Waals surface area contributed by atoms with Crippen molar-refractivity contribution in [2.75, 3.05) is 5.32 Å².